The average Bonchev–Trinajstić information content (AvgIpc) is 3.43. The molecule has 0 radical (unpaired) electrons. The SMILES string of the molecule is COc1ccc(-n2nnnc2SCC(=O)Nc2ncc(Cc3ccc(Cl)cc3)s2)cc1. The first-order valence-electron chi connectivity index (χ1n) is 9.15. The van der Waals surface area contributed by atoms with E-state index in [1.54, 1.807) is 18.0 Å². The highest BCUT2D eigenvalue weighted by Gasteiger charge is 2.13. The number of anilines is 1. The molecule has 0 saturated carbocycles. The third kappa shape index (κ3) is 5.60. The van der Waals surface area contributed by atoms with Crippen LogP contribution in [0.4, 0.5) is 5.13 Å². The second kappa shape index (κ2) is 9.90. The normalized spacial score (nSPS) is 10.8. The van der Waals surface area contributed by atoms with Gasteiger partial charge < -0.3 is 10.1 Å². The topological polar surface area (TPSA) is 94.8 Å². The molecule has 2 aromatic carbocycles. The Kier molecular flexibility index (Phi) is 6.80. The lowest BCUT2D eigenvalue weighted by molar-refractivity contribution is -0.113. The molecule has 8 nitrogen and oxygen atoms in total. The average molecular weight is 473 g/mol. The van der Waals surface area contributed by atoms with Crippen LogP contribution in [-0.4, -0.2) is 44.0 Å². The van der Waals surface area contributed by atoms with Gasteiger partial charge in [0.2, 0.25) is 11.1 Å². The predicted molar refractivity (Wildman–Crippen MR) is 121 cm³/mol. The Labute approximate surface area is 191 Å². The number of amides is 1. The third-order valence-corrected chi connectivity index (χ3v) is 6.27. The zero-order valence-corrected chi connectivity index (χ0v) is 18.7. The van der Waals surface area contributed by atoms with Crippen molar-refractivity contribution >= 4 is 45.7 Å². The molecule has 2 aromatic heterocycles. The van der Waals surface area contributed by atoms with Gasteiger partial charge >= 0.3 is 0 Å². The van der Waals surface area contributed by atoms with Crippen molar-refractivity contribution in [2.24, 2.45) is 0 Å². The molecule has 11 heteroatoms. The number of tetrazole rings is 1. The molecule has 2 heterocycles. The summed E-state index contributed by atoms with van der Waals surface area (Å²) >= 11 is 8.61. The number of ether oxygens (including phenoxy) is 1. The molecule has 0 spiro atoms. The maximum Gasteiger partial charge on any atom is 0.236 e. The molecular formula is C20H17ClN6O2S2. The highest BCUT2D eigenvalue weighted by Crippen LogP contribution is 2.24. The third-order valence-electron chi connectivity index (χ3n) is 4.18. The fraction of sp³-hybridized carbons (Fsp3) is 0.150. The molecule has 0 aliphatic heterocycles. The first-order valence-corrected chi connectivity index (χ1v) is 11.3. The van der Waals surface area contributed by atoms with Crippen molar-refractivity contribution in [1.29, 1.82) is 0 Å². The predicted octanol–water partition coefficient (Wildman–Crippen LogP) is 4.10. The zero-order chi connectivity index (χ0) is 21.6. The van der Waals surface area contributed by atoms with Crippen molar-refractivity contribution in [2.75, 3.05) is 18.2 Å². The van der Waals surface area contributed by atoms with Gasteiger partial charge in [0, 0.05) is 22.5 Å². The van der Waals surface area contributed by atoms with Crippen molar-refractivity contribution in [2.45, 2.75) is 11.6 Å². The van der Waals surface area contributed by atoms with E-state index in [1.807, 2.05) is 48.5 Å². The van der Waals surface area contributed by atoms with Crippen molar-refractivity contribution in [3.05, 3.63) is 70.2 Å². The van der Waals surface area contributed by atoms with Gasteiger partial charge in [0.15, 0.2) is 5.13 Å². The number of halogens is 1. The molecule has 4 aromatic rings. The van der Waals surface area contributed by atoms with Gasteiger partial charge in [0.05, 0.1) is 18.6 Å². The number of thioether (sulfide) groups is 1. The molecular weight excluding hydrogens is 456 g/mol. The quantitative estimate of drug-likeness (QED) is 0.386. The molecule has 158 valence electrons. The van der Waals surface area contributed by atoms with Crippen LogP contribution in [0.3, 0.4) is 0 Å². The summed E-state index contributed by atoms with van der Waals surface area (Å²) in [6, 6.07) is 15.0. The van der Waals surface area contributed by atoms with E-state index in [0.717, 1.165) is 28.3 Å². The minimum atomic E-state index is -0.179. The van der Waals surface area contributed by atoms with Crippen LogP contribution in [0, 0.1) is 0 Å². The second-order valence-corrected chi connectivity index (χ2v) is 8.84. The Morgan fingerprint density at radius 3 is 2.71 bits per heavy atom. The fourth-order valence-corrected chi connectivity index (χ4v) is 4.37. The minimum Gasteiger partial charge on any atom is -0.497 e. The van der Waals surface area contributed by atoms with E-state index in [1.165, 1.54) is 23.1 Å². The summed E-state index contributed by atoms with van der Waals surface area (Å²) < 4.78 is 6.74. The summed E-state index contributed by atoms with van der Waals surface area (Å²) in [7, 11) is 1.61. The molecule has 0 aliphatic carbocycles. The summed E-state index contributed by atoms with van der Waals surface area (Å²) in [5, 5.41) is 16.3. The lowest BCUT2D eigenvalue weighted by Gasteiger charge is -2.05. The molecule has 0 aliphatic rings. The Morgan fingerprint density at radius 1 is 1.19 bits per heavy atom. The van der Waals surface area contributed by atoms with Gasteiger partial charge in [-0.05, 0) is 52.4 Å². The van der Waals surface area contributed by atoms with Gasteiger partial charge in [-0.1, -0.05) is 35.5 Å². The highest BCUT2D eigenvalue weighted by atomic mass is 35.5. The van der Waals surface area contributed by atoms with Crippen LogP contribution in [0.1, 0.15) is 10.4 Å². The molecule has 0 atom stereocenters. The number of hydrogen-bond acceptors (Lipinski definition) is 8. The van der Waals surface area contributed by atoms with E-state index >= 15 is 0 Å². The summed E-state index contributed by atoms with van der Waals surface area (Å²) in [6.45, 7) is 0. The number of carbonyl (C=O) groups excluding carboxylic acids is 1. The first-order chi connectivity index (χ1) is 15.1. The number of thiazole rings is 1. The summed E-state index contributed by atoms with van der Waals surface area (Å²) in [4.78, 5) is 17.7. The first kappa shape index (κ1) is 21.3. The van der Waals surface area contributed by atoms with Crippen LogP contribution in [0.25, 0.3) is 5.69 Å². The van der Waals surface area contributed by atoms with Crippen molar-refractivity contribution < 1.29 is 9.53 Å². The molecule has 4 rings (SSSR count). The van der Waals surface area contributed by atoms with Gasteiger partial charge in [0.25, 0.3) is 0 Å². The Hall–Kier alpha value is -2.95. The van der Waals surface area contributed by atoms with Crippen molar-refractivity contribution in [1.82, 2.24) is 25.2 Å². The van der Waals surface area contributed by atoms with Crippen LogP contribution in [-0.2, 0) is 11.2 Å². The van der Waals surface area contributed by atoms with Crippen LogP contribution in [0.2, 0.25) is 5.02 Å². The molecule has 0 fully saturated rings. The van der Waals surface area contributed by atoms with Crippen LogP contribution in [0.5, 0.6) is 5.75 Å². The molecule has 0 unspecified atom stereocenters. The van der Waals surface area contributed by atoms with E-state index in [0.29, 0.717) is 15.3 Å². The summed E-state index contributed by atoms with van der Waals surface area (Å²) in [6.07, 6.45) is 2.50. The number of hydrogen-bond donors (Lipinski definition) is 1. The lowest BCUT2D eigenvalue weighted by Crippen LogP contribution is -2.14. The summed E-state index contributed by atoms with van der Waals surface area (Å²) in [5.41, 5.74) is 1.91. The fourth-order valence-electron chi connectivity index (χ4n) is 2.69. The molecule has 0 bridgehead atoms. The van der Waals surface area contributed by atoms with Gasteiger partial charge in [-0.2, -0.15) is 4.68 Å². The number of nitrogens with zero attached hydrogens (tertiary/aromatic N) is 5. The number of rotatable bonds is 8. The van der Waals surface area contributed by atoms with Crippen molar-refractivity contribution in [3.8, 4) is 11.4 Å². The van der Waals surface area contributed by atoms with Crippen LogP contribution in [0.15, 0.2) is 59.9 Å². The van der Waals surface area contributed by atoms with Gasteiger partial charge in [-0.15, -0.1) is 16.4 Å². The number of nitrogens with one attached hydrogen (secondary N) is 1. The minimum absolute atomic E-state index is 0.155. The number of methoxy groups -OCH3 is 1. The Balaban J connectivity index is 1.32. The molecule has 1 amide bonds. The smallest absolute Gasteiger partial charge is 0.236 e. The molecule has 0 saturated heterocycles. The lowest BCUT2D eigenvalue weighted by atomic mass is 10.1. The monoisotopic (exact) mass is 472 g/mol. The number of aromatic nitrogens is 5. The molecule has 31 heavy (non-hydrogen) atoms. The van der Waals surface area contributed by atoms with E-state index in [2.05, 4.69) is 25.8 Å². The zero-order valence-electron chi connectivity index (χ0n) is 16.4. The summed E-state index contributed by atoms with van der Waals surface area (Å²) in [5.74, 6) is 0.716. The van der Waals surface area contributed by atoms with E-state index in [-0.39, 0.29) is 11.7 Å². The van der Waals surface area contributed by atoms with E-state index in [9.17, 15) is 4.79 Å². The largest absolute Gasteiger partial charge is 0.497 e. The van der Waals surface area contributed by atoms with Crippen molar-refractivity contribution in [3.63, 3.8) is 0 Å². The van der Waals surface area contributed by atoms with Crippen LogP contribution >= 0.6 is 34.7 Å². The number of carbonyl (C=O) groups is 1. The molecule has 1 N–H and O–H groups in total. The van der Waals surface area contributed by atoms with E-state index < -0.39 is 0 Å². The van der Waals surface area contributed by atoms with Gasteiger partial charge in [-0.3, -0.25) is 4.79 Å². The maximum atomic E-state index is 12.4. The van der Waals surface area contributed by atoms with Gasteiger partial charge in [-0.25, -0.2) is 4.98 Å². The highest BCUT2D eigenvalue weighted by molar-refractivity contribution is 7.99. The Morgan fingerprint density at radius 2 is 1.97 bits per heavy atom. The van der Waals surface area contributed by atoms with Crippen LogP contribution < -0.4 is 10.1 Å². The van der Waals surface area contributed by atoms with E-state index in [4.69, 9.17) is 16.3 Å². The maximum absolute atomic E-state index is 12.4. The number of benzene rings is 2. The Bertz CT molecular complexity index is 1160. The second-order valence-electron chi connectivity index (χ2n) is 6.34. The standard InChI is InChI=1S/C20H17ClN6O2S2/c1-29-16-8-6-15(7-9-16)27-20(24-25-26-27)30-12-18(28)23-19-22-11-17(31-19)10-13-2-4-14(21)5-3-13/h2-9,11H,10,12H2,1H3,(H,22,23,28). The van der Waals surface area contributed by atoms with Gasteiger partial charge in [0.1, 0.15) is 5.75 Å².